The molecule has 0 saturated heterocycles. The van der Waals surface area contributed by atoms with Gasteiger partial charge in [-0.05, 0) is 78.7 Å². The van der Waals surface area contributed by atoms with Gasteiger partial charge in [-0.2, -0.15) is 13.2 Å². The lowest BCUT2D eigenvalue weighted by molar-refractivity contribution is -0.137. The van der Waals surface area contributed by atoms with Crippen molar-refractivity contribution in [3.63, 3.8) is 0 Å². The van der Waals surface area contributed by atoms with Gasteiger partial charge in [0.1, 0.15) is 12.4 Å². The molecule has 5 rings (SSSR count). The fourth-order valence-electron chi connectivity index (χ4n) is 4.17. The van der Waals surface area contributed by atoms with Crippen molar-refractivity contribution in [1.29, 1.82) is 0 Å². The third-order valence-electron chi connectivity index (χ3n) is 6.25. The van der Waals surface area contributed by atoms with Crippen LogP contribution in [0.5, 0.6) is 5.75 Å². The third-order valence-corrected chi connectivity index (χ3v) is 6.25. The number of nitrogens with one attached hydrogen (secondary N) is 2. The Balaban J connectivity index is 1.24. The van der Waals surface area contributed by atoms with Crippen LogP contribution in [0.1, 0.15) is 32.9 Å². The predicted molar refractivity (Wildman–Crippen MR) is 132 cm³/mol. The Bertz CT molecular complexity index is 1430. The van der Waals surface area contributed by atoms with Crippen LogP contribution in [-0.4, -0.2) is 27.2 Å². The maximum absolute atomic E-state index is 12.9. The van der Waals surface area contributed by atoms with Crippen molar-refractivity contribution in [2.75, 3.05) is 11.9 Å². The number of nitrogens with zero attached hydrogens (tertiary/aromatic N) is 3. The van der Waals surface area contributed by atoms with E-state index in [1.54, 1.807) is 23.7 Å². The van der Waals surface area contributed by atoms with Crippen molar-refractivity contribution in [2.24, 2.45) is 7.05 Å². The zero-order chi connectivity index (χ0) is 26.0. The number of benzene rings is 3. The van der Waals surface area contributed by atoms with Crippen molar-refractivity contribution < 1.29 is 22.7 Å². The van der Waals surface area contributed by atoms with Crippen LogP contribution in [0.4, 0.5) is 18.9 Å². The highest BCUT2D eigenvalue weighted by Crippen LogP contribution is 2.31. The second kappa shape index (κ2) is 10.1. The van der Waals surface area contributed by atoms with Crippen LogP contribution in [0.2, 0.25) is 0 Å². The molecule has 0 radical (unpaired) electrons. The minimum atomic E-state index is -4.44. The Morgan fingerprint density at radius 2 is 1.86 bits per heavy atom. The first-order valence-electron chi connectivity index (χ1n) is 11.7. The Kier molecular flexibility index (Phi) is 6.66. The van der Waals surface area contributed by atoms with Crippen molar-refractivity contribution >= 4 is 11.6 Å². The van der Waals surface area contributed by atoms with Gasteiger partial charge in [0.25, 0.3) is 5.91 Å². The fraction of sp³-hybridized carbons (Fsp3) is 0.222. The molecule has 7 nitrogen and oxygen atoms in total. The van der Waals surface area contributed by atoms with Gasteiger partial charge < -0.3 is 19.9 Å². The Morgan fingerprint density at radius 1 is 1.05 bits per heavy atom. The van der Waals surface area contributed by atoms with Gasteiger partial charge in [-0.3, -0.25) is 4.79 Å². The van der Waals surface area contributed by atoms with Crippen molar-refractivity contribution in [2.45, 2.75) is 25.7 Å². The van der Waals surface area contributed by atoms with E-state index >= 15 is 0 Å². The van der Waals surface area contributed by atoms with E-state index in [1.165, 1.54) is 23.3 Å². The molecule has 3 aromatic carbocycles. The quantitative estimate of drug-likeness (QED) is 0.385. The summed E-state index contributed by atoms with van der Waals surface area (Å²) < 4.78 is 46.0. The summed E-state index contributed by atoms with van der Waals surface area (Å²) >= 11 is 0. The molecule has 0 aliphatic carbocycles. The Hall–Kier alpha value is -4.18. The lowest BCUT2D eigenvalue weighted by Gasteiger charge is -2.17. The van der Waals surface area contributed by atoms with Crippen molar-refractivity contribution in [3.05, 3.63) is 94.8 Å². The minimum absolute atomic E-state index is 0.0458. The summed E-state index contributed by atoms with van der Waals surface area (Å²) in [5, 5.41) is 14.5. The number of anilines is 1. The van der Waals surface area contributed by atoms with E-state index in [1.807, 2.05) is 30.3 Å². The van der Waals surface area contributed by atoms with Crippen LogP contribution in [0.3, 0.4) is 0 Å². The van der Waals surface area contributed by atoms with E-state index in [0.29, 0.717) is 22.9 Å². The smallest absolute Gasteiger partial charge is 0.416 e. The number of alkyl halides is 3. The van der Waals surface area contributed by atoms with Gasteiger partial charge in [0, 0.05) is 30.4 Å². The van der Waals surface area contributed by atoms with Gasteiger partial charge in [0.05, 0.1) is 5.56 Å². The molecule has 0 spiro atoms. The SMILES string of the molecule is Cn1c(COc2cccc(C(F)(F)F)c2)nnc1-c1ccc(NC(=O)c2ccc3c(c2)CCNC3)cc1. The maximum atomic E-state index is 12.9. The molecule has 1 amide bonds. The highest BCUT2D eigenvalue weighted by atomic mass is 19.4. The van der Waals surface area contributed by atoms with E-state index in [-0.39, 0.29) is 18.3 Å². The molecule has 0 fully saturated rings. The zero-order valence-electron chi connectivity index (χ0n) is 20.0. The summed E-state index contributed by atoms with van der Waals surface area (Å²) in [7, 11) is 1.75. The average Bonchev–Trinajstić information content (AvgIpc) is 3.27. The Morgan fingerprint density at radius 3 is 2.65 bits per heavy atom. The monoisotopic (exact) mass is 507 g/mol. The van der Waals surface area contributed by atoms with Crippen LogP contribution in [0, 0.1) is 0 Å². The van der Waals surface area contributed by atoms with E-state index in [9.17, 15) is 18.0 Å². The first-order chi connectivity index (χ1) is 17.8. The van der Waals surface area contributed by atoms with Crippen LogP contribution < -0.4 is 15.4 Å². The van der Waals surface area contributed by atoms with E-state index in [2.05, 4.69) is 20.8 Å². The number of hydrogen-bond donors (Lipinski definition) is 2. The van der Waals surface area contributed by atoms with Crippen LogP contribution in [-0.2, 0) is 32.8 Å². The second-order valence-corrected chi connectivity index (χ2v) is 8.75. The molecule has 0 unspecified atom stereocenters. The molecule has 1 aliphatic heterocycles. The first-order valence-corrected chi connectivity index (χ1v) is 11.7. The van der Waals surface area contributed by atoms with Crippen LogP contribution >= 0.6 is 0 Å². The highest BCUT2D eigenvalue weighted by Gasteiger charge is 2.30. The lowest BCUT2D eigenvalue weighted by Crippen LogP contribution is -2.24. The van der Waals surface area contributed by atoms with E-state index in [4.69, 9.17) is 4.74 Å². The molecule has 0 bridgehead atoms. The second-order valence-electron chi connectivity index (χ2n) is 8.75. The van der Waals surface area contributed by atoms with Crippen LogP contribution in [0.25, 0.3) is 11.4 Å². The normalized spacial score (nSPS) is 13.2. The molecular weight excluding hydrogens is 483 g/mol. The lowest BCUT2D eigenvalue weighted by atomic mass is 9.98. The molecule has 190 valence electrons. The number of amides is 1. The summed E-state index contributed by atoms with van der Waals surface area (Å²) in [6, 6.07) is 17.7. The van der Waals surface area contributed by atoms with Crippen LogP contribution in [0.15, 0.2) is 66.7 Å². The minimum Gasteiger partial charge on any atom is -0.486 e. The predicted octanol–water partition coefficient (Wildman–Crippen LogP) is 4.98. The van der Waals surface area contributed by atoms with Gasteiger partial charge in [0.15, 0.2) is 11.6 Å². The molecule has 0 atom stereocenters. The van der Waals surface area contributed by atoms with E-state index < -0.39 is 11.7 Å². The number of halogens is 3. The van der Waals surface area contributed by atoms with E-state index in [0.717, 1.165) is 37.2 Å². The largest absolute Gasteiger partial charge is 0.486 e. The summed E-state index contributed by atoms with van der Waals surface area (Å²) in [5.41, 5.74) is 3.65. The summed E-state index contributed by atoms with van der Waals surface area (Å²) in [4.78, 5) is 12.7. The number of carbonyl (C=O) groups excluding carboxylic acids is 1. The molecule has 1 aliphatic rings. The van der Waals surface area contributed by atoms with Crippen molar-refractivity contribution in [3.8, 4) is 17.1 Å². The molecule has 0 saturated carbocycles. The molecule has 2 N–H and O–H groups in total. The highest BCUT2D eigenvalue weighted by molar-refractivity contribution is 6.04. The summed E-state index contributed by atoms with van der Waals surface area (Å²) in [5.74, 6) is 0.924. The molecule has 37 heavy (non-hydrogen) atoms. The number of fused-ring (bicyclic) bond motifs is 1. The molecule has 1 aromatic heterocycles. The fourth-order valence-corrected chi connectivity index (χ4v) is 4.17. The topological polar surface area (TPSA) is 81.1 Å². The zero-order valence-corrected chi connectivity index (χ0v) is 20.0. The van der Waals surface area contributed by atoms with Gasteiger partial charge >= 0.3 is 6.18 Å². The van der Waals surface area contributed by atoms with Gasteiger partial charge in [-0.1, -0.05) is 12.1 Å². The molecule has 4 aromatic rings. The molecular formula is C27H24F3N5O2. The number of hydrogen-bond acceptors (Lipinski definition) is 5. The summed E-state index contributed by atoms with van der Waals surface area (Å²) in [6.07, 6.45) is -3.54. The van der Waals surface area contributed by atoms with Crippen molar-refractivity contribution in [1.82, 2.24) is 20.1 Å². The number of rotatable bonds is 6. The number of carbonyl (C=O) groups is 1. The summed E-state index contributed by atoms with van der Waals surface area (Å²) in [6.45, 7) is 1.68. The number of aromatic nitrogens is 3. The number of ether oxygens (including phenoxy) is 1. The Labute approximate surface area is 211 Å². The van der Waals surface area contributed by atoms with Gasteiger partial charge in [0.2, 0.25) is 0 Å². The van der Waals surface area contributed by atoms with Gasteiger partial charge in [-0.15, -0.1) is 10.2 Å². The standard InChI is InChI=1S/C27H24F3N5O2/c1-35-24(16-37-23-4-2-3-21(14-23)27(28,29)30)33-34-25(35)17-7-9-22(10-8-17)32-26(36)19-5-6-20-15-31-12-11-18(20)13-19/h2-10,13-14,31H,11-12,15-16H2,1H3,(H,32,36). The van der Waals surface area contributed by atoms with Gasteiger partial charge in [-0.25, -0.2) is 0 Å². The average molecular weight is 508 g/mol. The molecule has 10 heteroatoms. The third kappa shape index (κ3) is 5.49. The molecule has 2 heterocycles. The maximum Gasteiger partial charge on any atom is 0.416 e. The first kappa shape index (κ1) is 24.5.